The maximum Gasteiger partial charge on any atom is 0.522 e. The van der Waals surface area contributed by atoms with E-state index in [2.05, 4.69) is 76.9 Å². The second-order valence-corrected chi connectivity index (χ2v) is 13.2. The molecule has 0 fully saturated rings. The third-order valence-corrected chi connectivity index (χ3v) is 6.91. The van der Waals surface area contributed by atoms with Crippen molar-refractivity contribution in [2.75, 3.05) is 0 Å². The highest BCUT2D eigenvalue weighted by molar-refractivity contribution is 7.97. The Labute approximate surface area is 218 Å². The van der Waals surface area contributed by atoms with Crippen molar-refractivity contribution < 1.29 is 35.6 Å². The molecule has 0 aliphatic rings. The van der Waals surface area contributed by atoms with Gasteiger partial charge in [-0.3, -0.25) is 9.54 Å². The van der Waals surface area contributed by atoms with E-state index in [9.17, 15) is 13.2 Å². The topological polar surface area (TPSA) is 85.7 Å². The van der Waals surface area contributed by atoms with Crippen molar-refractivity contribution in [3.63, 3.8) is 0 Å². The molecule has 1 N–H and O–H groups in total. The average Bonchev–Trinajstić information content (AvgIpc) is 2.74. The first kappa shape index (κ1) is 30.5. The average molecular weight is 559 g/mol. The molecule has 1 aromatic heterocycles. The quantitative estimate of drug-likeness (QED) is 0.208. The number of nitrogens with zero attached hydrogens (tertiary/aromatic N) is 1. The zero-order chi connectivity index (χ0) is 28.1. The maximum absolute atomic E-state index is 10.7. The number of pyridine rings is 1. The number of hydrogen-bond acceptors (Lipinski definition) is 5. The summed E-state index contributed by atoms with van der Waals surface area (Å²) in [6.45, 7) is 12.3. The summed E-state index contributed by atoms with van der Waals surface area (Å²) in [6.07, 6.45) is 3.76. The van der Waals surface area contributed by atoms with E-state index in [4.69, 9.17) is 22.4 Å². The number of alkyl halides is 3. The first-order chi connectivity index (χ1) is 16.9. The summed E-state index contributed by atoms with van der Waals surface area (Å²) < 4.78 is 69.5. The smallest absolute Gasteiger partial charge is 0.488 e. The fraction of sp³-hybridized carbons (Fsp3) is 0.346. The Morgan fingerprint density at radius 3 is 1.38 bits per heavy atom. The van der Waals surface area contributed by atoms with Crippen molar-refractivity contribution in [3.05, 3.63) is 73.1 Å². The van der Waals surface area contributed by atoms with Crippen molar-refractivity contribution >= 4 is 21.0 Å². The summed E-state index contributed by atoms with van der Waals surface area (Å²) in [5.74, 6) is 1.76. The van der Waals surface area contributed by atoms with E-state index in [1.807, 2.05) is 42.7 Å². The predicted octanol–water partition coefficient (Wildman–Crippen LogP) is 6.93. The minimum absolute atomic E-state index is 0.213. The summed E-state index contributed by atoms with van der Waals surface area (Å²) in [4.78, 5) is 7.98. The molecule has 1 heterocycles. The highest BCUT2D eigenvalue weighted by Crippen LogP contribution is 2.33. The van der Waals surface area contributed by atoms with Gasteiger partial charge in [-0.25, -0.2) is 0 Å². The molecule has 0 saturated carbocycles. The largest absolute Gasteiger partial charge is 0.522 e. The Morgan fingerprint density at radius 2 is 1.11 bits per heavy atom. The Morgan fingerprint density at radius 1 is 0.730 bits per heavy atom. The van der Waals surface area contributed by atoms with Crippen LogP contribution in [0.15, 0.2) is 87.7 Å². The van der Waals surface area contributed by atoms with Crippen LogP contribution in [0.5, 0.6) is 11.5 Å². The van der Waals surface area contributed by atoms with Crippen molar-refractivity contribution in [1.82, 2.24) is 4.98 Å². The van der Waals surface area contributed by atoms with Gasteiger partial charge < -0.3 is 9.47 Å². The Kier molecular flexibility index (Phi) is 9.67. The first-order valence-electron chi connectivity index (χ1n) is 11.1. The summed E-state index contributed by atoms with van der Waals surface area (Å²) in [5.41, 5.74) is -5.96. The van der Waals surface area contributed by atoms with Crippen molar-refractivity contribution in [2.24, 2.45) is 0 Å². The minimum atomic E-state index is -5.84. The van der Waals surface area contributed by atoms with Gasteiger partial charge in [0, 0.05) is 6.20 Å². The lowest BCUT2D eigenvalue weighted by Crippen LogP contribution is -2.23. The molecule has 0 spiro atoms. The molecule has 6 nitrogen and oxygen atoms in total. The van der Waals surface area contributed by atoms with E-state index < -0.39 is 15.6 Å². The number of aromatic nitrogens is 1. The normalized spacial score (nSPS) is 12.5. The van der Waals surface area contributed by atoms with Gasteiger partial charge in [-0.15, -0.1) is 0 Å². The molecule has 0 radical (unpaired) electrons. The van der Waals surface area contributed by atoms with Crippen LogP contribution in [0, 0.1) is 0 Å². The lowest BCUT2D eigenvalue weighted by molar-refractivity contribution is -0.0510. The molecule has 3 aromatic rings. The van der Waals surface area contributed by atoms with Crippen LogP contribution < -0.4 is 9.47 Å². The van der Waals surface area contributed by atoms with Crippen LogP contribution in [0.25, 0.3) is 0 Å². The van der Waals surface area contributed by atoms with Crippen LogP contribution in [-0.4, -0.2) is 34.7 Å². The van der Waals surface area contributed by atoms with Gasteiger partial charge in [-0.05, 0) is 102 Å². The Balaban J connectivity index is 0.000000521. The number of benzene rings is 2. The predicted molar refractivity (Wildman–Crippen MR) is 138 cm³/mol. The van der Waals surface area contributed by atoms with Crippen LogP contribution in [0.4, 0.5) is 13.2 Å². The second-order valence-electron chi connectivity index (χ2n) is 9.79. The molecule has 2 aromatic carbocycles. The fourth-order valence-corrected chi connectivity index (χ4v) is 4.88. The molecule has 3 rings (SSSR count). The lowest BCUT2D eigenvalue weighted by atomic mass is 10.2. The van der Waals surface area contributed by atoms with Crippen LogP contribution in [0.1, 0.15) is 41.5 Å². The summed E-state index contributed by atoms with van der Waals surface area (Å²) in [7, 11) is -6.09. The summed E-state index contributed by atoms with van der Waals surface area (Å²) >= 11 is 0. The molecule has 0 unspecified atom stereocenters. The minimum Gasteiger partial charge on any atom is -0.488 e. The van der Waals surface area contributed by atoms with E-state index in [1.165, 1.54) is 14.7 Å². The van der Waals surface area contributed by atoms with Crippen molar-refractivity contribution in [2.45, 2.75) is 72.9 Å². The van der Waals surface area contributed by atoms with E-state index in [0.717, 1.165) is 11.5 Å². The van der Waals surface area contributed by atoms with Crippen LogP contribution in [0.2, 0.25) is 0 Å². The molecule has 0 aliphatic heterocycles. The van der Waals surface area contributed by atoms with E-state index in [1.54, 1.807) is 0 Å². The van der Waals surface area contributed by atoms with Gasteiger partial charge in [0.2, 0.25) is 0 Å². The fourth-order valence-electron chi connectivity index (χ4n) is 2.87. The number of ether oxygens (including phenoxy) is 2. The van der Waals surface area contributed by atoms with Gasteiger partial charge in [0.25, 0.3) is 0 Å². The summed E-state index contributed by atoms with van der Waals surface area (Å²) in [5, 5.41) is 0. The second kappa shape index (κ2) is 11.7. The van der Waals surface area contributed by atoms with Gasteiger partial charge in [0.05, 0.1) is 6.20 Å². The number of hydrogen-bond donors (Lipinski definition) is 1. The highest BCUT2D eigenvalue weighted by Gasteiger charge is 2.44. The molecule has 0 aliphatic carbocycles. The molecule has 0 bridgehead atoms. The monoisotopic (exact) mass is 558 g/mol. The molecule has 0 atom stereocenters. The van der Waals surface area contributed by atoms with E-state index in [0.29, 0.717) is 0 Å². The standard InChI is InChI=1S/C25H30NO2S.CHF3O3S/c1-24(2,3)27-19-9-13-21(14-10-19)29(23-8-7-17-26-18-23)22-15-11-20(12-16-22)28-25(4,5)6;2-1(3,4)8(5,6)7/h7-18H,1-6H3;(H,5,6,7)/q+1;. The molecule has 11 heteroatoms. The third kappa shape index (κ3) is 10.3. The Bertz CT molecular complexity index is 1180. The van der Waals surface area contributed by atoms with Gasteiger partial charge in [0.1, 0.15) is 33.6 Å². The van der Waals surface area contributed by atoms with Crippen LogP contribution in [0.3, 0.4) is 0 Å². The molecule has 202 valence electrons. The molecular weight excluding hydrogens is 527 g/mol. The van der Waals surface area contributed by atoms with E-state index in [-0.39, 0.29) is 22.1 Å². The van der Waals surface area contributed by atoms with Crippen molar-refractivity contribution in [1.29, 1.82) is 0 Å². The highest BCUT2D eigenvalue weighted by atomic mass is 32.2. The zero-order valence-electron chi connectivity index (χ0n) is 21.4. The number of rotatable bonds is 5. The molecule has 0 saturated heterocycles. The van der Waals surface area contributed by atoms with Crippen molar-refractivity contribution in [3.8, 4) is 11.5 Å². The van der Waals surface area contributed by atoms with Crippen LogP contribution >= 0.6 is 0 Å². The van der Waals surface area contributed by atoms with Gasteiger partial charge >= 0.3 is 15.6 Å². The first-order valence-corrected chi connectivity index (χ1v) is 13.8. The van der Waals surface area contributed by atoms with Crippen LogP contribution in [-0.2, 0) is 21.0 Å². The summed E-state index contributed by atoms with van der Waals surface area (Å²) in [6, 6.07) is 20.9. The Hall–Kier alpha value is -2.76. The van der Waals surface area contributed by atoms with Gasteiger partial charge in [-0.2, -0.15) is 21.6 Å². The zero-order valence-corrected chi connectivity index (χ0v) is 23.0. The molecular formula is C26H31F3NO5S2+. The van der Waals surface area contributed by atoms with Gasteiger partial charge in [0.15, 0.2) is 14.7 Å². The lowest BCUT2D eigenvalue weighted by Gasteiger charge is -2.21. The molecule has 37 heavy (non-hydrogen) atoms. The van der Waals surface area contributed by atoms with E-state index >= 15 is 0 Å². The SMILES string of the molecule is CC(C)(C)Oc1ccc([S+](c2ccc(OC(C)(C)C)cc2)c2cccnc2)cc1.O=S(=O)(O)C(F)(F)F. The number of halogens is 3. The third-order valence-electron chi connectivity index (χ3n) is 4.13. The maximum atomic E-state index is 10.7. The van der Waals surface area contributed by atoms with Gasteiger partial charge in [-0.1, -0.05) is 0 Å². The molecule has 0 amide bonds.